The maximum Gasteiger partial charge on any atom is 0.336 e. The van der Waals surface area contributed by atoms with Crippen LogP contribution in [0.25, 0.3) is 22.4 Å². The Labute approximate surface area is 270 Å². The molecule has 0 bridgehead atoms. The van der Waals surface area contributed by atoms with Crippen LogP contribution in [0.1, 0.15) is 52.7 Å². The van der Waals surface area contributed by atoms with Gasteiger partial charge in [0.1, 0.15) is 17.1 Å². The molecule has 1 aliphatic heterocycles. The summed E-state index contributed by atoms with van der Waals surface area (Å²) in [4.78, 5) is 51.1. The molecule has 2 unspecified atom stereocenters. The number of hydrogen-bond donors (Lipinski definition) is 6. The van der Waals surface area contributed by atoms with Gasteiger partial charge in [0.25, 0.3) is 5.56 Å². The van der Waals surface area contributed by atoms with Crippen molar-refractivity contribution in [3.63, 3.8) is 0 Å². The number of piperazine rings is 1. The molecule has 6 N–H and O–H groups in total. The predicted molar refractivity (Wildman–Crippen MR) is 168 cm³/mol. The van der Waals surface area contributed by atoms with Gasteiger partial charge in [-0.1, -0.05) is 13.3 Å². The highest BCUT2D eigenvalue weighted by Crippen LogP contribution is 2.32. The molecule has 0 spiro atoms. The monoisotopic (exact) mass is 680 g/mol. The quantitative estimate of drug-likeness (QED) is 0.155. The summed E-state index contributed by atoms with van der Waals surface area (Å²) in [5, 5.41) is 41.6. The molecule has 0 aliphatic carbocycles. The number of sulfonamides is 1. The molecule has 2 aromatic heterocycles. The number of fused-ring (bicyclic) bond motifs is 1. The van der Waals surface area contributed by atoms with Crippen molar-refractivity contribution in [1.82, 2.24) is 29.4 Å². The van der Waals surface area contributed by atoms with E-state index in [2.05, 4.69) is 15.4 Å². The number of aryl methyl sites for hydroxylation is 2. The average molecular weight is 681 g/mol. The number of aliphatic carboxylic acids is 3. The molecule has 47 heavy (non-hydrogen) atoms. The van der Waals surface area contributed by atoms with Crippen molar-refractivity contribution < 1.29 is 48.0 Å². The predicted octanol–water partition coefficient (Wildman–Crippen LogP) is 0.797. The SMILES string of the molecule is CCCc1nn(C)c2c(=O)[nH]c(-c3cc(S(=O)(=O)N4CC(C)NC(C)C4)ccc3OCC)nc12.O=C(O)CC(O)(CC(=O)O)C(=O)O. The highest BCUT2D eigenvalue weighted by molar-refractivity contribution is 7.89. The second-order valence-corrected chi connectivity index (χ2v) is 13.2. The van der Waals surface area contributed by atoms with Gasteiger partial charge in [-0.3, -0.25) is 19.1 Å². The summed E-state index contributed by atoms with van der Waals surface area (Å²) >= 11 is 0. The molecule has 3 aromatic rings. The fraction of sp³-hybridized carbons (Fsp3) is 0.517. The van der Waals surface area contributed by atoms with Crippen molar-refractivity contribution in [2.24, 2.45) is 7.05 Å². The van der Waals surface area contributed by atoms with E-state index >= 15 is 0 Å². The lowest BCUT2D eigenvalue weighted by Crippen LogP contribution is -2.55. The van der Waals surface area contributed by atoms with Crippen LogP contribution in [-0.2, 0) is 37.9 Å². The summed E-state index contributed by atoms with van der Waals surface area (Å²) < 4.78 is 35.8. The molecular formula is C29H40N6O11S. The van der Waals surface area contributed by atoms with Gasteiger partial charge in [0.2, 0.25) is 10.0 Å². The fourth-order valence-corrected chi connectivity index (χ4v) is 6.90. The lowest BCUT2D eigenvalue weighted by Gasteiger charge is -2.35. The molecular weight excluding hydrogens is 640 g/mol. The largest absolute Gasteiger partial charge is 0.493 e. The van der Waals surface area contributed by atoms with Crippen molar-refractivity contribution in [3.8, 4) is 17.1 Å². The number of hydrogen-bond acceptors (Lipinski definition) is 11. The third-order valence-electron chi connectivity index (χ3n) is 7.20. The number of rotatable bonds is 12. The van der Waals surface area contributed by atoms with E-state index in [9.17, 15) is 27.6 Å². The highest BCUT2D eigenvalue weighted by Gasteiger charge is 2.41. The zero-order chi connectivity index (χ0) is 35.3. The Hall–Kier alpha value is -4.39. The number of carboxylic acids is 3. The number of aromatic nitrogens is 4. The van der Waals surface area contributed by atoms with Gasteiger partial charge < -0.3 is 35.5 Å². The minimum absolute atomic E-state index is 0.0451. The second-order valence-electron chi connectivity index (χ2n) is 11.3. The van der Waals surface area contributed by atoms with Crippen molar-refractivity contribution in [2.75, 3.05) is 19.7 Å². The van der Waals surface area contributed by atoms with Crippen LogP contribution in [0.5, 0.6) is 5.75 Å². The first-order valence-corrected chi connectivity index (χ1v) is 16.3. The van der Waals surface area contributed by atoms with Gasteiger partial charge in [-0.2, -0.15) is 9.40 Å². The van der Waals surface area contributed by atoms with E-state index in [1.807, 2.05) is 27.7 Å². The molecule has 0 amide bonds. The Balaban J connectivity index is 0.000000392. The number of H-pyrrole nitrogens is 1. The van der Waals surface area contributed by atoms with Crippen LogP contribution in [0, 0.1) is 0 Å². The van der Waals surface area contributed by atoms with E-state index in [0.29, 0.717) is 48.5 Å². The van der Waals surface area contributed by atoms with Crippen LogP contribution in [0.15, 0.2) is 27.9 Å². The Morgan fingerprint density at radius 3 is 2.17 bits per heavy atom. The number of carboxylic acid groups (broad SMARTS) is 3. The third-order valence-corrected chi connectivity index (χ3v) is 9.03. The molecule has 18 heteroatoms. The van der Waals surface area contributed by atoms with E-state index in [-0.39, 0.29) is 28.4 Å². The molecule has 1 aliphatic rings. The number of nitrogens with one attached hydrogen (secondary N) is 2. The lowest BCUT2D eigenvalue weighted by molar-refractivity contribution is -0.170. The van der Waals surface area contributed by atoms with E-state index in [4.69, 9.17) is 30.1 Å². The molecule has 258 valence electrons. The van der Waals surface area contributed by atoms with E-state index in [1.165, 1.54) is 15.1 Å². The van der Waals surface area contributed by atoms with Crippen molar-refractivity contribution in [3.05, 3.63) is 34.2 Å². The minimum atomic E-state index is -3.75. The number of carbonyl (C=O) groups is 3. The number of benzene rings is 1. The fourth-order valence-electron chi connectivity index (χ4n) is 5.25. The number of aromatic amines is 1. The molecule has 1 saturated heterocycles. The topological polar surface area (TPSA) is 254 Å². The molecule has 17 nitrogen and oxygen atoms in total. The van der Waals surface area contributed by atoms with Crippen LogP contribution in [-0.4, -0.2) is 108 Å². The first-order chi connectivity index (χ1) is 21.9. The summed E-state index contributed by atoms with van der Waals surface area (Å²) in [7, 11) is -2.04. The van der Waals surface area contributed by atoms with Gasteiger partial charge in [0, 0.05) is 32.2 Å². The standard InChI is InChI=1S/C23H32N6O4S.C6H8O7/c1-6-8-18-20-21(28(5)27-18)23(30)26-22(25-20)17-11-16(9-10-19(17)33-7-2)34(31,32)29-12-14(3)24-15(4)13-29;7-3(8)1-6(13,5(11)12)2-4(9)10/h9-11,14-15,24H,6-8,12-13H2,1-5H3,(H,25,26,30);13H,1-2H2,(H,7,8)(H,9,10)(H,11,12). The highest BCUT2D eigenvalue weighted by atomic mass is 32.2. The molecule has 0 saturated carbocycles. The summed E-state index contributed by atoms with van der Waals surface area (Å²) in [6, 6.07) is 4.80. The maximum absolute atomic E-state index is 13.5. The van der Waals surface area contributed by atoms with Gasteiger partial charge in [-0.25, -0.2) is 18.2 Å². The van der Waals surface area contributed by atoms with Gasteiger partial charge in [-0.15, -0.1) is 0 Å². The smallest absolute Gasteiger partial charge is 0.336 e. The average Bonchev–Trinajstić information content (AvgIpc) is 3.27. The normalized spacial score (nSPS) is 17.1. The minimum Gasteiger partial charge on any atom is -0.493 e. The lowest BCUT2D eigenvalue weighted by atomic mass is 9.96. The van der Waals surface area contributed by atoms with Gasteiger partial charge >= 0.3 is 17.9 Å². The van der Waals surface area contributed by atoms with E-state index in [0.717, 1.165) is 12.1 Å². The Morgan fingerprint density at radius 2 is 1.66 bits per heavy atom. The molecule has 1 aromatic carbocycles. The van der Waals surface area contributed by atoms with E-state index < -0.39 is 46.4 Å². The second kappa shape index (κ2) is 15.0. The summed E-state index contributed by atoms with van der Waals surface area (Å²) in [5.41, 5.74) is -1.01. The third kappa shape index (κ3) is 8.70. The van der Waals surface area contributed by atoms with Gasteiger partial charge in [-0.05, 0) is 45.4 Å². The summed E-state index contributed by atoms with van der Waals surface area (Å²) in [6.45, 7) is 8.96. The number of aliphatic hydroxyl groups is 1. The molecule has 1 fully saturated rings. The number of ether oxygens (including phenoxy) is 1. The Kier molecular flexibility index (Phi) is 11.8. The van der Waals surface area contributed by atoms with Crippen molar-refractivity contribution in [1.29, 1.82) is 0 Å². The maximum atomic E-state index is 13.5. The van der Waals surface area contributed by atoms with Crippen LogP contribution in [0.2, 0.25) is 0 Å². The van der Waals surface area contributed by atoms with E-state index in [1.54, 1.807) is 19.2 Å². The van der Waals surface area contributed by atoms with Gasteiger partial charge in [0.05, 0.1) is 35.6 Å². The van der Waals surface area contributed by atoms with Gasteiger partial charge in [0.15, 0.2) is 11.1 Å². The molecule has 4 rings (SSSR count). The molecule has 2 atom stereocenters. The Morgan fingerprint density at radius 1 is 1.06 bits per heavy atom. The van der Waals surface area contributed by atoms with Crippen molar-refractivity contribution >= 4 is 39.0 Å². The first-order valence-electron chi connectivity index (χ1n) is 14.8. The molecule has 0 radical (unpaired) electrons. The summed E-state index contributed by atoms with van der Waals surface area (Å²) in [5.74, 6) is -4.31. The van der Waals surface area contributed by atoms with Crippen LogP contribution in [0.4, 0.5) is 0 Å². The zero-order valence-corrected chi connectivity index (χ0v) is 27.5. The summed E-state index contributed by atoms with van der Waals surface area (Å²) in [6.07, 6.45) is -0.752. The Bertz CT molecular complexity index is 1780. The van der Waals surface area contributed by atoms with Crippen LogP contribution in [0.3, 0.4) is 0 Å². The number of nitrogens with zero attached hydrogens (tertiary/aromatic N) is 4. The zero-order valence-electron chi connectivity index (χ0n) is 26.7. The van der Waals surface area contributed by atoms with Crippen LogP contribution < -0.4 is 15.6 Å². The van der Waals surface area contributed by atoms with Crippen molar-refractivity contribution in [2.45, 2.75) is 76.0 Å². The molecule has 3 heterocycles. The first kappa shape index (κ1) is 37.1. The van der Waals surface area contributed by atoms with Crippen LogP contribution >= 0.6 is 0 Å².